The van der Waals surface area contributed by atoms with Gasteiger partial charge in [-0.1, -0.05) is 18.2 Å². The summed E-state index contributed by atoms with van der Waals surface area (Å²) < 4.78 is 64.4. The molecule has 1 saturated heterocycles. The molecule has 0 bridgehead atoms. The van der Waals surface area contributed by atoms with Crippen LogP contribution >= 0.6 is 0 Å². The van der Waals surface area contributed by atoms with Gasteiger partial charge in [0.25, 0.3) is 0 Å². The van der Waals surface area contributed by atoms with Crippen LogP contribution in [-0.4, -0.2) is 58.2 Å². The Morgan fingerprint density at radius 1 is 1.03 bits per heavy atom. The first-order valence-corrected chi connectivity index (χ1v) is 10.9. The van der Waals surface area contributed by atoms with Crippen LogP contribution in [0.4, 0.5) is 24.5 Å². The summed E-state index contributed by atoms with van der Waals surface area (Å²) in [4.78, 5) is 16.4. The SMILES string of the molecule is CN1CCN(c2ccc(C(F)(F)F)cc2NC(=O)CS(=O)(=O)c2ccccc2)CC1. The zero-order valence-corrected chi connectivity index (χ0v) is 17.1. The zero-order chi connectivity index (χ0) is 21.9. The van der Waals surface area contributed by atoms with Crippen molar-refractivity contribution >= 4 is 27.1 Å². The summed E-state index contributed by atoms with van der Waals surface area (Å²) in [6.45, 7) is 2.59. The largest absolute Gasteiger partial charge is 0.416 e. The van der Waals surface area contributed by atoms with E-state index in [0.717, 1.165) is 25.2 Å². The number of nitrogens with zero attached hydrogens (tertiary/aromatic N) is 2. The molecule has 3 rings (SSSR count). The maximum atomic E-state index is 13.2. The van der Waals surface area contributed by atoms with Gasteiger partial charge in [0.1, 0.15) is 5.75 Å². The molecule has 1 N–H and O–H groups in total. The van der Waals surface area contributed by atoms with Gasteiger partial charge in [0.15, 0.2) is 9.84 Å². The number of nitrogens with one attached hydrogen (secondary N) is 1. The zero-order valence-electron chi connectivity index (χ0n) is 16.3. The Hall–Kier alpha value is -2.59. The van der Waals surface area contributed by atoms with Gasteiger partial charge in [0.2, 0.25) is 5.91 Å². The minimum Gasteiger partial charge on any atom is -0.367 e. The smallest absolute Gasteiger partial charge is 0.367 e. The molecular weight excluding hydrogens is 419 g/mol. The maximum Gasteiger partial charge on any atom is 0.416 e. The van der Waals surface area contributed by atoms with Gasteiger partial charge in [-0.25, -0.2) is 8.42 Å². The predicted octanol–water partition coefficient (Wildman–Crippen LogP) is 2.87. The van der Waals surface area contributed by atoms with Crippen molar-refractivity contribution in [2.75, 3.05) is 49.2 Å². The van der Waals surface area contributed by atoms with Crippen molar-refractivity contribution in [2.45, 2.75) is 11.1 Å². The molecular formula is C20H22F3N3O3S. The van der Waals surface area contributed by atoms with Crippen LogP contribution in [0.5, 0.6) is 0 Å². The van der Waals surface area contributed by atoms with Crippen LogP contribution in [0.3, 0.4) is 0 Å². The van der Waals surface area contributed by atoms with E-state index in [1.807, 2.05) is 11.9 Å². The highest BCUT2D eigenvalue weighted by Crippen LogP contribution is 2.36. The summed E-state index contributed by atoms with van der Waals surface area (Å²) in [5, 5.41) is 2.38. The van der Waals surface area contributed by atoms with Crippen molar-refractivity contribution in [3.63, 3.8) is 0 Å². The Kier molecular flexibility index (Phi) is 6.37. The molecule has 0 spiro atoms. The first kappa shape index (κ1) is 22.1. The minimum atomic E-state index is -4.59. The van der Waals surface area contributed by atoms with E-state index in [-0.39, 0.29) is 10.6 Å². The molecule has 1 amide bonds. The van der Waals surface area contributed by atoms with Gasteiger partial charge in [-0.3, -0.25) is 4.79 Å². The molecule has 1 heterocycles. The Balaban J connectivity index is 1.86. The molecule has 0 aliphatic carbocycles. The highest BCUT2D eigenvalue weighted by Gasteiger charge is 2.32. The van der Waals surface area contributed by atoms with Gasteiger partial charge < -0.3 is 15.1 Å². The summed E-state index contributed by atoms with van der Waals surface area (Å²) in [5.74, 6) is -1.76. The first-order valence-electron chi connectivity index (χ1n) is 9.29. The maximum absolute atomic E-state index is 13.2. The van der Waals surface area contributed by atoms with Gasteiger partial charge in [-0.2, -0.15) is 13.2 Å². The summed E-state index contributed by atoms with van der Waals surface area (Å²) in [6.07, 6.45) is -4.59. The van der Waals surface area contributed by atoms with Crippen LogP contribution in [0.25, 0.3) is 0 Å². The van der Waals surface area contributed by atoms with E-state index < -0.39 is 33.2 Å². The lowest BCUT2D eigenvalue weighted by atomic mass is 10.1. The van der Waals surface area contributed by atoms with Crippen molar-refractivity contribution in [3.05, 3.63) is 54.1 Å². The molecule has 0 unspecified atom stereocenters. The van der Waals surface area contributed by atoms with Crippen molar-refractivity contribution in [3.8, 4) is 0 Å². The number of hydrogen-bond donors (Lipinski definition) is 1. The molecule has 1 fully saturated rings. The average Bonchev–Trinajstić information content (AvgIpc) is 2.68. The number of carbonyl (C=O) groups is 1. The normalized spacial score (nSPS) is 15.8. The van der Waals surface area contributed by atoms with E-state index >= 15 is 0 Å². The number of halogens is 3. The second-order valence-corrected chi connectivity index (χ2v) is 9.13. The third-order valence-corrected chi connectivity index (χ3v) is 6.50. The van der Waals surface area contributed by atoms with E-state index in [0.29, 0.717) is 18.8 Å². The number of hydrogen-bond acceptors (Lipinski definition) is 5. The van der Waals surface area contributed by atoms with E-state index in [1.54, 1.807) is 6.07 Å². The van der Waals surface area contributed by atoms with Crippen LogP contribution in [-0.2, 0) is 20.8 Å². The number of benzene rings is 2. The molecule has 1 aliphatic rings. The monoisotopic (exact) mass is 441 g/mol. The average molecular weight is 441 g/mol. The Labute approximate surface area is 173 Å². The minimum absolute atomic E-state index is 0.0246. The quantitative estimate of drug-likeness (QED) is 0.773. The topological polar surface area (TPSA) is 69.7 Å². The molecule has 2 aromatic rings. The van der Waals surface area contributed by atoms with E-state index in [9.17, 15) is 26.4 Å². The highest BCUT2D eigenvalue weighted by molar-refractivity contribution is 7.92. The molecule has 0 radical (unpaired) electrons. The number of rotatable bonds is 5. The van der Waals surface area contributed by atoms with E-state index in [4.69, 9.17) is 0 Å². The Morgan fingerprint density at radius 2 is 1.67 bits per heavy atom. The van der Waals surface area contributed by atoms with Crippen molar-refractivity contribution < 1.29 is 26.4 Å². The summed E-state index contributed by atoms with van der Waals surface area (Å²) >= 11 is 0. The third kappa shape index (κ3) is 5.31. The fraction of sp³-hybridized carbons (Fsp3) is 0.350. The lowest BCUT2D eigenvalue weighted by molar-refractivity contribution is -0.137. The first-order chi connectivity index (χ1) is 14.1. The van der Waals surface area contributed by atoms with Crippen molar-refractivity contribution in [1.29, 1.82) is 0 Å². The molecule has 0 aromatic heterocycles. The van der Waals surface area contributed by atoms with Gasteiger partial charge in [-0.05, 0) is 37.4 Å². The second kappa shape index (κ2) is 8.65. The van der Waals surface area contributed by atoms with Gasteiger partial charge in [0, 0.05) is 26.2 Å². The standard InChI is InChI=1S/C20H22F3N3O3S/c1-25-9-11-26(12-10-25)18-8-7-15(20(21,22)23)13-17(18)24-19(27)14-30(28,29)16-5-3-2-4-6-16/h2-8,13H,9-12,14H2,1H3,(H,24,27). The number of likely N-dealkylation sites (N-methyl/N-ethyl adjacent to an activating group) is 1. The van der Waals surface area contributed by atoms with Crippen LogP contribution < -0.4 is 10.2 Å². The molecule has 6 nitrogen and oxygen atoms in total. The predicted molar refractivity (Wildman–Crippen MR) is 108 cm³/mol. The molecule has 2 aromatic carbocycles. The summed E-state index contributed by atoms with van der Waals surface area (Å²) in [6, 6.07) is 10.6. The summed E-state index contributed by atoms with van der Waals surface area (Å²) in [5.41, 5.74) is -0.536. The van der Waals surface area contributed by atoms with Gasteiger partial charge in [-0.15, -0.1) is 0 Å². The molecule has 1 aliphatic heterocycles. The lowest BCUT2D eigenvalue weighted by Crippen LogP contribution is -2.44. The lowest BCUT2D eigenvalue weighted by Gasteiger charge is -2.35. The number of alkyl halides is 3. The van der Waals surface area contributed by atoms with Crippen LogP contribution in [0.2, 0.25) is 0 Å². The number of amides is 1. The fourth-order valence-electron chi connectivity index (χ4n) is 3.21. The molecule has 0 saturated carbocycles. The van der Waals surface area contributed by atoms with Gasteiger partial charge in [0.05, 0.1) is 21.8 Å². The Morgan fingerprint density at radius 3 is 2.27 bits per heavy atom. The van der Waals surface area contributed by atoms with Gasteiger partial charge >= 0.3 is 6.18 Å². The Bertz CT molecular complexity index is 1000. The highest BCUT2D eigenvalue weighted by atomic mass is 32.2. The van der Waals surface area contributed by atoms with Crippen molar-refractivity contribution in [1.82, 2.24) is 4.90 Å². The fourth-order valence-corrected chi connectivity index (χ4v) is 4.36. The molecule has 30 heavy (non-hydrogen) atoms. The molecule has 10 heteroatoms. The molecule has 162 valence electrons. The third-order valence-electron chi connectivity index (χ3n) is 4.87. The van der Waals surface area contributed by atoms with Crippen molar-refractivity contribution in [2.24, 2.45) is 0 Å². The van der Waals surface area contributed by atoms with E-state index in [1.165, 1.54) is 30.3 Å². The van der Waals surface area contributed by atoms with E-state index in [2.05, 4.69) is 10.2 Å². The number of carbonyl (C=O) groups excluding carboxylic acids is 1. The van der Waals surface area contributed by atoms with Crippen LogP contribution in [0.1, 0.15) is 5.56 Å². The molecule has 0 atom stereocenters. The number of anilines is 2. The number of sulfone groups is 1. The number of piperazine rings is 1. The van der Waals surface area contributed by atoms with Crippen LogP contribution in [0.15, 0.2) is 53.4 Å². The second-order valence-electron chi connectivity index (χ2n) is 7.14. The summed E-state index contributed by atoms with van der Waals surface area (Å²) in [7, 11) is -1.97. The van der Waals surface area contributed by atoms with Crippen LogP contribution in [0, 0.1) is 0 Å².